The smallest absolute Gasteiger partial charge is 0.272 e. The van der Waals surface area contributed by atoms with E-state index in [4.69, 9.17) is 16.3 Å². The summed E-state index contributed by atoms with van der Waals surface area (Å²) >= 11 is 5.95. The average Bonchev–Trinajstić information content (AvgIpc) is 3.08. The van der Waals surface area contributed by atoms with Crippen molar-refractivity contribution in [2.45, 2.75) is 6.92 Å². The Hall–Kier alpha value is -3.78. The summed E-state index contributed by atoms with van der Waals surface area (Å²) in [6, 6.07) is 15.3. The minimum atomic E-state index is -0.423. The number of hydrogen-bond acceptors (Lipinski definition) is 5. The zero-order chi connectivity index (χ0) is 21.3. The lowest BCUT2D eigenvalue weighted by atomic mass is 10.2. The highest BCUT2D eigenvalue weighted by Gasteiger charge is 2.22. The van der Waals surface area contributed by atoms with Crippen LogP contribution in [0.25, 0.3) is 5.65 Å². The normalized spacial score (nSPS) is 10.8. The number of H-pyrrole nitrogens is 1. The Balaban J connectivity index is 1.77. The Kier molecular flexibility index (Phi) is 5.16. The van der Waals surface area contributed by atoms with Crippen LogP contribution in [0, 0.1) is 6.92 Å². The van der Waals surface area contributed by atoms with E-state index in [2.05, 4.69) is 20.7 Å². The predicted molar refractivity (Wildman–Crippen MR) is 116 cm³/mol. The van der Waals surface area contributed by atoms with Crippen molar-refractivity contribution < 1.29 is 9.53 Å². The van der Waals surface area contributed by atoms with Crippen molar-refractivity contribution in [3.05, 3.63) is 81.2 Å². The number of anilines is 3. The third kappa shape index (κ3) is 3.85. The molecule has 0 bridgehead atoms. The second-order valence-electron chi connectivity index (χ2n) is 6.57. The summed E-state index contributed by atoms with van der Waals surface area (Å²) in [7, 11) is 1.57. The third-order valence-electron chi connectivity index (χ3n) is 4.43. The number of aromatic nitrogens is 3. The molecule has 152 valence electrons. The highest BCUT2D eigenvalue weighted by atomic mass is 35.5. The van der Waals surface area contributed by atoms with Gasteiger partial charge in [-0.2, -0.15) is 4.52 Å². The van der Waals surface area contributed by atoms with E-state index >= 15 is 0 Å². The lowest BCUT2D eigenvalue weighted by Crippen LogP contribution is -2.17. The van der Waals surface area contributed by atoms with Gasteiger partial charge < -0.3 is 15.4 Å². The lowest BCUT2D eigenvalue weighted by molar-refractivity contribution is 0.102. The zero-order valence-corrected chi connectivity index (χ0v) is 16.9. The Morgan fingerprint density at radius 2 is 1.77 bits per heavy atom. The minimum absolute atomic E-state index is 0.210. The van der Waals surface area contributed by atoms with Crippen molar-refractivity contribution >= 4 is 40.3 Å². The number of methoxy groups -OCH3 is 1. The number of aryl methyl sites for hydroxylation is 1. The van der Waals surface area contributed by atoms with Crippen LogP contribution in [-0.2, 0) is 0 Å². The SMILES string of the molecule is COc1ccc(NC(=O)c2c(Nc3ccc(Cl)cc3)[nH]n3c(=O)cc(C)nc23)cc1. The summed E-state index contributed by atoms with van der Waals surface area (Å²) in [5, 5.41) is 9.47. The topological polar surface area (TPSA) is 101 Å². The van der Waals surface area contributed by atoms with Crippen LogP contribution < -0.4 is 20.9 Å². The van der Waals surface area contributed by atoms with Gasteiger partial charge >= 0.3 is 0 Å². The van der Waals surface area contributed by atoms with E-state index in [0.717, 1.165) is 0 Å². The lowest BCUT2D eigenvalue weighted by Gasteiger charge is -2.09. The second-order valence-corrected chi connectivity index (χ2v) is 7.01. The molecule has 30 heavy (non-hydrogen) atoms. The molecule has 0 aliphatic heterocycles. The van der Waals surface area contributed by atoms with Crippen LogP contribution in [0.2, 0.25) is 5.02 Å². The monoisotopic (exact) mass is 423 g/mol. The number of hydrogen-bond donors (Lipinski definition) is 3. The molecule has 0 spiro atoms. The summed E-state index contributed by atoms with van der Waals surface area (Å²) in [4.78, 5) is 30.0. The number of nitrogens with one attached hydrogen (secondary N) is 3. The van der Waals surface area contributed by atoms with E-state index in [-0.39, 0.29) is 16.8 Å². The van der Waals surface area contributed by atoms with Crippen molar-refractivity contribution in [1.29, 1.82) is 0 Å². The average molecular weight is 424 g/mol. The number of rotatable bonds is 5. The molecular weight excluding hydrogens is 406 g/mol. The van der Waals surface area contributed by atoms with E-state index in [1.54, 1.807) is 62.6 Å². The number of fused-ring (bicyclic) bond motifs is 1. The summed E-state index contributed by atoms with van der Waals surface area (Å²) in [6.07, 6.45) is 0. The van der Waals surface area contributed by atoms with Gasteiger partial charge in [0.15, 0.2) is 5.65 Å². The molecule has 0 unspecified atom stereocenters. The molecule has 9 heteroatoms. The molecule has 2 heterocycles. The molecule has 0 radical (unpaired) electrons. The van der Waals surface area contributed by atoms with Gasteiger partial charge in [0.2, 0.25) is 0 Å². The first-order chi connectivity index (χ1) is 14.4. The molecular formula is C21H18ClN5O3. The van der Waals surface area contributed by atoms with Crippen LogP contribution in [0.3, 0.4) is 0 Å². The summed E-state index contributed by atoms with van der Waals surface area (Å²) in [5.74, 6) is 0.584. The first kappa shape index (κ1) is 19.5. The van der Waals surface area contributed by atoms with Crippen molar-refractivity contribution in [1.82, 2.24) is 14.6 Å². The molecule has 0 aliphatic rings. The number of benzene rings is 2. The van der Waals surface area contributed by atoms with Crippen LogP contribution in [-0.4, -0.2) is 27.6 Å². The van der Waals surface area contributed by atoms with Crippen molar-refractivity contribution in [2.24, 2.45) is 0 Å². The van der Waals surface area contributed by atoms with E-state index in [1.807, 2.05) is 0 Å². The first-order valence-electron chi connectivity index (χ1n) is 9.05. The Labute approximate surface area is 176 Å². The molecule has 0 saturated carbocycles. The fraction of sp³-hybridized carbons (Fsp3) is 0.0952. The van der Waals surface area contributed by atoms with Gasteiger partial charge in [0, 0.05) is 28.2 Å². The number of nitrogens with zero attached hydrogens (tertiary/aromatic N) is 2. The maximum Gasteiger partial charge on any atom is 0.272 e. The van der Waals surface area contributed by atoms with E-state index in [1.165, 1.54) is 10.6 Å². The standard InChI is InChI=1S/C21H18ClN5O3/c1-12-11-17(28)27-20(23-12)18(19(26-27)24-14-5-3-13(22)4-6-14)21(29)25-15-7-9-16(30-2)10-8-15/h3-11,24,26H,1-2H3,(H,25,29). The van der Waals surface area contributed by atoms with Crippen LogP contribution >= 0.6 is 11.6 Å². The Bertz CT molecular complexity index is 1280. The fourth-order valence-electron chi connectivity index (χ4n) is 3.00. The van der Waals surface area contributed by atoms with Gasteiger partial charge in [-0.1, -0.05) is 11.6 Å². The number of amides is 1. The molecule has 4 aromatic rings. The highest BCUT2D eigenvalue weighted by Crippen LogP contribution is 2.25. The van der Waals surface area contributed by atoms with Gasteiger partial charge in [-0.15, -0.1) is 0 Å². The summed E-state index contributed by atoms with van der Waals surface area (Å²) in [5.41, 5.74) is 1.89. The van der Waals surface area contributed by atoms with Crippen molar-refractivity contribution in [2.75, 3.05) is 17.7 Å². The van der Waals surface area contributed by atoms with Gasteiger partial charge in [-0.3, -0.25) is 14.7 Å². The summed E-state index contributed by atoms with van der Waals surface area (Å²) < 4.78 is 6.37. The third-order valence-corrected chi connectivity index (χ3v) is 4.68. The largest absolute Gasteiger partial charge is 0.497 e. The van der Waals surface area contributed by atoms with Gasteiger partial charge in [0.1, 0.15) is 17.1 Å². The van der Waals surface area contributed by atoms with E-state index < -0.39 is 5.91 Å². The van der Waals surface area contributed by atoms with Gasteiger partial charge in [0.25, 0.3) is 11.5 Å². The number of carbonyl (C=O) groups is 1. The first-order valence-corrected chi connectivity index (χ1v) is 9.43. The van der Waals surface area contributed by atoms with Crippen LogP contribution in [0.1, 0.15) is 16.1 Å². The molecule has 2 aromatic carbocycles. The zero-order valence-electron chi connectivity index (χ0n) is 16.2. The van der Waals surface area contributed by atoms with Crippen LogP contribution in [0.5, 0.6) is 5.75 Å². The number of carbonyl (C=O) groups excluding carboxylic acids is 1. The fourth-order valence-corrected chi connectivity index (χ4v) is 3.13. The van der Waals surface area contributed by atoms with E-state index in [0.29, 0.717) is 33.7 Å². The molecule has 0 aliphatic carbocycles. The molecule has 4 rings (SSSR count). The highest BCUT2D eigenvalue weighted by molar-refractivity contribution is 6.30. The molecule has 1 amide bonds. The number of halogens is 1. The number of ether oxygens (including phenoxy) is 1. The van der Waals surface area contributed by atoms with Crippen molar-refractivity contribution in [3.8, 4) is 5.75 Å². The maximum absolute atomic E-state index is 13.2. The number of aromatic amines is 1. The molecule has 0 atom stereocenters. The molecule has 0 fully saturated rings. The quantitative estimate of drug-likeness (QED) is 0.450. The molecule has 2 aromatic heterocycles. The second kappa shape index (κ2) is 7.92. The Morgan fingerprint density at radius 3 is 2.43 bits per heavy atom. The molecule has 8 nitrogen and oxygen atoms in total. The van der Waals surface area contributed by atoms with E-state index in [9.17, 15) is 9.59 Å². The molecule has 3 N–H and O–H groups in total. The maximum atomic E-state index is 13.2. The van der Waals surface area contributed by atoms with Crippen molar-refractivity contribution in [3.63, 3.8) is 0 Å². The van der Waals surface area contributed by atoms with Gasteiger partial charge in [0.05, 0.1) is 7.11 Å². The summed E-state index contributed by atoms with van der Waals surface area (Å²) in [6.45, 7) is 1.70. The Morgan fingerprint density at radius 1 is 1.10 bits per heavy atom. The van der Waals surface area contributed by atoms with Gasteiger partial charge in [-0.25, -0.2) is 4.98 Å². The minimum Gasteiger partial charge on any atom is -0.497 e. The molecule has 0 saturated heterocycles. The van der Waals surface area contributed by atoms with Crippen LogP contribution in [0.15, 0.2) is 59.4 Å². The van der Waals surface area contributed by atoms with Gasteiger partial charge in [-0.05, 0) is 55.5 Å². The predicted octanol–water partition coefficient (Wildman–Crippen LogP) is 3.99. The van der Waals surface area contributed by atoms with Crippen LogP contribution in [0.4, 0.5) is 17.2 Å².